The average Bonchev–Trinajstić information content (AvgIpc) is 2.44. The molecule has 2 rings (SSSR count). The van der Waals surface area contributed by atoms with Crippen molar-refractivity contribution in [3.63, 3.8) is 0 Å². The molecule has 4 heteroatoms. The van der Waals surface area contributed by atoms with E-state index < -0.39 is 0 Å². The number of benzene rings is 1. The number of aromatic amines is 1. The standard InChI is InChI=1S/C15H17IN2O/c1-3-5-12-13(16)15(19)18-14(17-12)11-8-6-10(4-2)7-9-11/h6-9H,3-5H2,1-2H3,(H,17,18,19). The molecule has 0 radical (unpaired) electrons. The summed E-state index contributed by atoms with van der Waals surface area (Å²) in [4.78, 5) is 19.4. The van der Waals surface area contributed by atoms with E-state index in [1.54, 1.807) is 0 Å². The van der Waals surface area contributed by atoms with Crippen LogP contribution in [-0.4, -0.2) is 9.97 Å². The number of aromatic nitrogens is 2. The number of H-pyrrole nitrogens is 1. The van der Waals surface area contributed by atoms with Gasteiger partial charge >= 0.3 is 0 Å². The number of aryl methyl sites for hydroxylation is 2. The first-order valence-corrected chi connectivity index (χ1v) is 7.61. The van der Waals surface area contributed by atoms with Gasteiger partial charge in [0.25, 0.3) is 5.56 Å². The summed E-state index contributed by atoms with van der Waals surface area (Å²) in [6.45, 7) is 4.22. The molecule has 19 heavy (non-hydrogen) atoms. The summed E-state index contributed by atoms with van der Waals surface area (Å²) in [7, 11) is 0. The summed E-state index contributed by atoms with van der Waals surface area (Å²) in [5, 5.41) is 0. The van der Waals surface area contributed by atoms with Crippen molar-refractivity contribution in [1.29, 1.82) is 0 Å². The van der Waals surface area contributed by atoms with Crippen LogP contribution in [0.5, 0.6) is 0 Å². The number of rotatable bonds is 4. The molecule has 0 saturated heterocycles. The van der Waals surface area contributed by atoms with E-state index in [1.165, 1.54) is 5.56 Å². The first-order valence-electron chi connectivity index (χ1n) is 6.53. The Labute approximate surface area is 126 Å². The van der Waals surface area contributed by atoms with Gasteiger partial charge < -0.3 is 4.98 Å². The molecular weight excluding hydrogens is 351 g/mol. The third kappa shape index (κ3) is 3.23. The Morgan fingerprint density at radius 2 is 1.89 bits per heavy atom. The molecular formula is C15H17IN2O. The van der Waals surface area contributed by atoms with Crippen LogP contribution in [0.2, 0.25) is 0 Å². The maximum Gasteiger partial charge on any atom is 0.264 e. The SMILES string of the molecule is CCCc1nc(-c2ccc(CC)cc2)[nH]c(=O)c1I. The van der Waals surface area contributed by atoms with E-state index in [-0.39, 0.29) is 5.56 Å². The Kier molecular flexibility index (Phi) is 4.74. The summed E-state index contributed by atoms with van der Waals surface area (Å²) >= 11 is 2.07. The van der Waals surface area contributed by atoms with Crippen molar-refractivity contribution in [2.75, 3.05) is 0 Å². The van der Waals surface area contributed by atoms with E-state index in [4.69, 9.17) is 0 Å². The molecule has 0 amide bonds. The Hall–Kier alpha value is -1.17. The van der Waals surface area contributed by atoms with Gasteiger partial charge in [-0.1, -0.05) is 44.5 Å². The zero-order chi connectivity index (χ0) is 13.8. The van der Waals surface area contributed by atoms with Crippen LogP contribution in [0.1, 0.15) is 31.5 Å². The molecule has 0 atom stereocenters. The van der Waals surface area contributed by atoms with Gasteiger partial charge in [0.05, 0.1) is 9.26 Å². The topological polar surface area (TPSA) is 45.8 Å². The van der Waals surface area contributed by atoms with Crippen molar-refractivity contribution in [2.24, 2.45) is 0 Å². The van der Waals surface area contributed by atoms with Gasteiger partial charge in [-0.05, 0) is 41.0 Å². The Morgan fingerprint density at radius 3 is 2.47 bits per heavy atom. The first kappa shape index (κ1) is 14.2. The van der Waals surface area contributed by atoms with Gasteiger partial charge in [0.1, 0.15) is 5.82 Å². The quantitative estimate of drug-likeness (QED) is 0.839. The third-order valence-corrected chi connectivity index (χ3v) is 4.17. The molecule has 0 bridgehead atoms. The highest BCUT2D eigenvalue weighted by molar-refractivity contribution is 14.1. The summed E-state index contributed by atoms with van der Waals surface area (Å²) in [6.07, 6.45) is 2.83. The highest BCUT2D eigenvalue weighted by Gasteiger charge is 2.09. The summed E-state index contributed by atoms with van der Waals surface area (Å²) in [5.41, 5.74) is 3.09. The highest BCUT2D eigenvalue weighted by Crippen LogP contribution is 2.17. The van der Waals surface area contributed by atoms with E-state index >= 15 is 0 Å². The van der Waals surface area contributed by atoms with Gasteiger partial charge in [-0.3, -0.25) is 4.79 Å². The van der Waals surface area contributed by atoms with Gasteiger partial charge in [0.2, 0.25) is 0 Å². The van der Waals surface area contributed by atoms with E-state index in [2.05, 4.69) is 58.5 Å². The van der Waals surface area contributed by atoms with Crippen LogP contribution in [0.25, 0.3) is 11.4 Å². The van der Waals surface area contributed by atoms with Gasteiger partial charge in [0, 0.05) is 5.56 Å². The molecule has 0 saturated carbocycles. The first-order chi connectivity index (χ1) is 9.15. The second-order valence-corrected chi connectivity index (χ2v) is 5.55. The van der Waals surface area contributed by atoms with Crippen LogP contribution in [0.15, 0.2) is 29.1 Å². The van der Waals surface area contributed by atoms with Crippen molar-refractivity contribution < 1.29 is 0 Å². The maximum atomic E-state index is 11.9. The Morgan fingerprint density at radius 1 is 1.21 bits per heavy atom. The number of halogens is 1. The van der Waals surface area contributed by atoms with Crippen LogP contribution in [0.4, 0.5) is 0 Å². The largest absolute Gasteiger partial charge is 0.306 e. The van der Waals surface area contributed by atoms with Crippen molar-refractivity contribution in [3.05, 3.63) is 49.4 Å². The normalized spacial score (nSPS) is 10.7. The molecule has 3 nitrogen and oxygen atoms in total. The second-order valence-electron chi connectivity index (χ2n) is 4.48. The number of hydrogen-bond donors (Lipinski definition) is 1. The second kappa shape index (κ2) is 6.32. The molecule has 1 heterocycles. The van der Waals surface area contributed by atoms with Crippen LogP contribution < -0.4 is 5.56 Å². The van der Waals surface area contributed by atoms with Crippen molar-refractivity contribution >= 4 is 22.6 Å². The number of nitrogens with one attached hydrogen (secondary N) is 1. The molecule has 0 aliphatic rings. The molecule has 0 unspecified atom stereocenters. The molecule has 0 fully saturated rings. The van der Waals surface area contributed by atoms with Crippen LogP contribution >= 0.6 is 22.6 Å². The fraction of sp³-hybridized carbons (Fsp3) is 0.333. The number of nitrogens with zero attached hydrogens (tertiary/aromatic N) is 1. The predicted molar refractivity (Wildman–Crippen MR) is 86.4 cm³/mol. The van der Waals surface area contributed by atoms with Crippen molar-refractivity contribution in [2.45, 2.75) is 33.1 Å². The summed E-state index contributed by atoms with van der Waals surface area (Å²) in [6, 6.07) is 8.18. The predicted octanol–water partition coefficient (Wildman–Crippen LogP) is 3.56. The zero-order valence-electron chi connectivity index (χ0n) is 11.2. The Bertz CT molecular complexity index is 617. The number of hydrogen-bond acceptors (Lipinski definition) is 2. The molecule has 100 valence electrons. The van der Waals surface area contributed by atoms with Gasteiger partial charge in [-0.15, -0.1) is 0 Å². The monoisotopic (exact) mass is 368 g/mol. The lowest BCUT2D eigenvalue weighted by Gasteiger charge is -2.06. The molecule has 0 aliphatic heterocycles. The van der Waals surface area contributed by atoms with Crippen LogP contribution in [0, 0.1) is 3.57 Å². The van der Waals surface area contributed by atoms with Gasteiger partial charge in [0.15, 0.2) is 0 Å². The third-order valence-electron chi connectivity index (χ3n) is 3.05. The average molecular weight is 368 g/mol. The van der Waals surface area contributed by atoms with Crippen LogP contribution in [0.3, 0.4) is 0 Å². The molecule has 1 N–H and O–H groups in total. The van der Waals surface area contributed by atoms with Crippen molar-refractivity contribution in [3.8, 4) is 11.4 Å². The highest BCUT2D eigenvalue weighted by atomic mass is 127. The van der Waals surface area contributed by atoms with E-state index in [0.29, 0.717) is 9.39 Å². The van der Waals surface area contributed by atoms with E-state index in [1.807, 2.05) is 12.1 Å². The summed E-state index contributed by atoms with van der Waals surface area (Å²) < 4.78 is 0.702. The van der Waals surface area contributed by atoms with Crippen LogP contribution in [-0.2, 0) is 12.8 Å². The maximum absolute atomic E-state index is 11.9. The lowest BCUT2D eigenvalue weighted by Crippen LogP contribution is -2.16. The lowest BCUT2D eigenvalue weighted by atomic mass is 10.1. The van der Waals surface area contributed by atoms with E-state index in [9.17, 15) is 4.79 Å². The minimum Gasteiger partial charge on any atom is -0.306 e. The molecule has 1 aromatic carbocycles. The lowest BCUT2D eigenvalue weighted by molar-refractivity contribution is 0.860. The van der Waals surface area contributed by atoms with Gasteiger partial charge in [-0.25, -0.2) is 4.98 Å². The van der Waals surface area contributed by atoms with Crippen molar-refractivity contribution in [1.82, 2.24) is 9.97 Å². The minimum absolute atomic E-state index is 0.0476. The fourth-order valence-corrected chi connectivity index (χ4v) is 2.47. The van der Waals surface area contributed by atoms with E-state index in [0.717, 1.165) is 30.5 Å². The molecule has 2 aromatic rings. The summed E-state index contributed by atoms with van der Waals surface area (Å²) in [5.74, 6) is 0.663. The smallest absolute Gasteiger partial charge is 0.264 e. The Balaban J connectivity index is 2.46. The fourth-order valence-electron chi connectivity index (χ4n) is 1.94. The zero-order valence-corrected chi connectivity index (χ0v) is 13.3. The molecule has 1 aromatic heterocycles. The molecule has 0 spiro atoms. The van der Waals surface area contributed by atoms with Gasteiger partial charge in [-0.2, -0.15) is 0 Å². The minimum atomic E-state index is -0.0476. The molecule has 0 aliphatic carbocycles.